The molecule has 20 heavy (non-hydrogen) atoms. The lowest BCUT2D eigenvalue weighted by atomic mass is 10.0. The molecule has 1 rings (SSSR count). The van der Waals surface area contributed by atoms with Gasteiger partial charge in [0.05, 0.1) is 13.2 Å². The Labute approximate surface area is 122 Å². The lowest BCUT2D eigenvalue weighted by Gasteiger charge is -2.17. The van der Waals surface area contributed by atoms with Crippen molar-refractivity contribution in [3.05, 3.63) is 23.8 Å². The zero-order valence-electron chi connectivity index (χ0n) is 12.7. The van der Waals surface area contributed by atoms with Gasteiger partial charge in [0.15, 0.2) is 11.5 Å². The molecule has 2 N–H and O–H groups in total. The summed E-state index contributed by atoms with van der Waals surface area (Å²) < 4.78 is 11.5. The van der Waals surface area contributed by atoms with Gasteiger partial charge in [0.1, 0.15) is 0 Å². The lowest BCUT2D eigenvalue weighted by molar-refractivity contribution is 0.278. The van der Waals surface area contributed by atoms with E-state index in [1.807, 2.05) is 26.0 Å². The zero-order chi connectivity index (χ0) is 14.8. The van der Waals surface area contributed by atoms with Gasteiger partial charge < -0.3 is 15.2 Å². The highest BCUT2D eigenvalue weighted by molar-refractivity contribution is 5.47. The van der Waals surface area contributed by atoms with E-state index < -0.39 is 0 Å². The van der Waals surface area contributed by atoms with E-state index >= 15 is 0 Å². The first kappa shape index (κ1) is 16.4. The van der Waals surface area contributed by atoms with E-state index in [0.29, 0.717) is 13.2 Å². The molecule has 0 amide bonds. The lowest BCUT2D eigenvalue weighted by Crippen LogP contribution is -2.22. The van der Waals surface area contributed by atoms with E-state index in [4.69, 9.17) is 15.2 Å². The molecule has 0 spiro atoms. The summed E-state index contributed by atoms with van der Waals surface area (Å²) in [6.45, 7) is 7.08. The number of benzene rings is 1. The molecule has 110 valence electrons. The van der Waals surface area contributed by atoms with Gasteiger partial charge in [0.2, 0.25) is 0 Å². The van der Waals surface area contributed by atoms with Crippen molar-refractivity contribution in [2.45, 2.75) is 46.1 Å². The minimum Gasteiger partial charge on any atom is -0.490 e. The number of rotatable bonds is 8. The fourth-order valence-corrected chi connectivity index (χ4v) is 1.91. The quantitative estimate of drug-likeness (QED) is 0.585. The summed E-state index contributed by atoms with van der Waals surface area (Å²) in [6, 6.07) is 6.12. The van der Waals surface area contributed by atoms with Crippen LogP contribution in [0.3, 0.4) is 0 Å². The van der Waals surface area contributed by atoms with Crippen molar-refractivity contribution in [2.75, 3.05) is 13.2 Å². The molecule has 1 aromatic carbocycles. The predicted octanol–water partition coefficient (Wildman–Crippen LogP) is 3.16. The van der Waals surface area contributed by atoms with Crippen molar-refractivity contribution in [2.24, 2.45) is 5.73 Å². The van der Waals surface area contributed by atoms with Gasteiger partial charge in [-0.25, -0.2) is 0 Å². The summed E-state index contributed by atoms with van der Waals surface area (Å²) in [4.78, 5) is 0. The third kappa shape index (κ3) is 5.14. The van der Waals surface area contributed by atoms with Gasteiger partial charge in [0.25, 0.3) is 0 Å². The molecule has 0 fully saturated rings. The highest BCUT2D eigenvalue weighted by Crippen LogP contribution is 2.32. The number of ether oxygens (including phenoxy) is 2. The number of nitrogens with two attached hydrogens (primary N) is 1. The Hall–Kier alpha value is -1.66. The maximum Gasteiger partial charge on any atom is 0.164 e. The van der Waals surface area contributed by atoms with Gasteiger partial charge in [-0.3, -0.25) is 0 Å². The van der Waals surface area contributed by atoms with Gasteiger partial charge >= 0.3 is 0 Å². The molecule has 1 unspecified atom stereocenters. The van der Waals surface area contributed by atoms with Crippen molar-refractivity contribution in [1.82, 2.24) is 0 Å². The second kappa shape index (κ2) is 9.28. The summed E-state index contributed by atoms with van der Waals surface area (Å²) in [6.07, 6.45) is 2.46. The standard InChI is InChI=1S/C17H25NO2/c1-4-7-8-12-20-17-14(13-15(18)5-2)10-9-11-16(17)19-6-3/h9-11,15H,5-6,8,12-13,18H2,1-3H3. The van der Waals surface area contributed by atoms with E-state index in [0.717, 1.165) is 36.3 Å². The Morgan fingerprint density at radius 1 is 1.25 bits per heavy atom. The monoisotopic (exact) mass is 275 g/mol. The molecule has 0 saturated carbocycles. The SMILES string of the molecule is CC#CCCOc1c(CC(N)CC)cccc1OCC. The van der Waals surface area contributed by atoms with Gasteiger partial charge in [-0.05, 0) is 38.3 Å². The highest BCUT2D eigenvalue weighted by atomic mass is 16.5. The molecule has 0 saturated heterocycles. The van der Waals surface area contributed by atoms with Crippen molar-refractivity contribution in [1.29, 1.82) is 0 Å². The fraction of sp³-hybridized carbons (Fsp3) is 0.529. The number of hydrogen-bond donors (Lipinski definition) is 1. The van der Waals surface area contributed by atoms with Crippen LogP contribution in [0.5, 0.6) is 11.5 Å². The Kier molecular flexibility index (Phi) is 7.60. The van der Waals surface area contributed by atoms with Crippen LogP contribution < -0.4 is 15.2 Å². The van der Waals surface area contributed by atoms with Gasteiger partial charge in [0, 0.05) is 12.5 Å². The summed E-state index contributed by atoms with van der Waals surface area (Å²) in [7, 11) is 0. The number of para-hydroxylation sites is 1. The molecule has 0 aliphatic heterocycles. The molecule has 0 bridgehead atoms. The van der Waals surface area contributed by atoms with E-state index in [9.17, 15) is 0 Å². The molecule has 1 atom stereocenters. The van der Waals surface area contributed by atoms with Crippen molar-refractivity contribution >= 4 is 0 Å². The van der Waals surface area contributed by atoms with Crippen LogP contribution >= 0.6 is 0 Å². The average Bonchev–Trinajstić information content (AvgIpc) is 2.46. The van der Waals surface area contributed by atoms with Gasteiger partial charge in [-0.2, -0.15) is 0 Å². The molecule has 0 radical (unpaired) electrons. The molecular weight excluding hydrogens is 250 g/mol. The average molecular weight is 275 g/mol. The van der Waals surface area contributed by atoms with E-state index in [2.05, 4.69) is 24.8 Å². The molecule has 1 aromatic rings. The Morgan fingerprint density at radius 3 is 2.70 bits per heavy atom. The first-order chi connectivity index (χ1) is 9.72. The predicted molar refractivity (Wildman–Crippen MR) is 83.1 cm³/mol. The largest absolute Gasteiger partial charge is 0.490 e. The van der Waals surface area contributed by atoms with Gasteiger partial charge in [-0.1, -0.05) is 19.1 Å². The molecule has 0 heterocycles. The third-order valence-electron chi connectivity index (χ3n) is 3.02. The summed E-state index contributed by atoms with van der Waals surface area (Å²) in [5, 5.41) is 0. The second-order valence-electron chi connectivity index (χ2n) is 4.58. The zero-order valence-corrected chi connectivity index (χ0v) is 12.7. The first-order valence-corrected chi connectivity index (χ1v) is 7.25. The number of hydrogen-bond acceptors (Lipinski definition) is 3. The van der Waals surface area contributed by atoms with Crippen LogP contribution in [0.4, 0.5) is 0 Å². The molecule has 3 heteroatoms. The molecule has 3 nitrogen and oxygen atoms in total. The van der Waals surface area contributed by atoms with Crippen molar-refractivity contribution < 1.29 is 9.47 Å². The van der Waals surface area contributed by atoms with E-state index in [-0.39, 0.29) is 6.04 Å². The second-order valence-corrected chi connectivity index (χ2v) is 4.58. The highest BCUT2D eigenvalue weighted by Gasteiger charge is 2.13. The van der Waals surface area contributed by atoms with Crippen molar-refractivity contribution in [3.8, 4) is 23.3 Å². The first-order valence-electron chi connectivity index (χ1n) is 7.25. The van der Waals surface area contributed by atoms with Crippen LogP contribution in [-0.4, -0.2) is 19.3 Å². The van der Waals surface area contributed by atoms with Gasteiger partial charge in [-0.15, -0.1) is 11.8 Å². The summed E-state index contributed by atoms with van der Waals surface area (Å²) in [5.74, 6) is 7.47. The minimum absolute atomic E-state index is 0.143. The maximum absolute atomic E-state index is 6.06. The van der Waals surface area contributed by atoms with Crippen LogP contribution in [-0.2, 0) is 6.42 Å². The summed E-state index contributed by atoms with van der Waals surface area (Å²) >= 11 is 0. The Balaban J connectivity index is 2.89. The third-order valence-corrected chi connectivity index (χ3v) is 3.02. The normalized spacial score (nSPS) is 11.4. The van der Waals surface area contributed by atoms with E-state index in [1.54, 1.807) is 0 Å². The fourth-order valence-electron chi connectivity index (χ4n) is 1.91. The Bertz CT molecular complexity index is 460. The molecule has 0 aliphatic rings. The Morgan fingerprint density at radius 2 is 2.05 bits per heavy atom. The van der Waals surface area contributed by atoms with Crippen LogP contribution in [0.2, 0.25) is 0 Å². The van der Waals surface area contributed by atoms with Crippen LogP contribution in [0.15, 0.2) is 18.2 Å². The smallest absolute Gasteiger partial charge is 0.164 e. The maximum atomic E-state index is 6.06. The summed E-state index contributed by atoms with van der Waals surface area (Å²) in [5.41, 5.74) is 7.16. The minimum atomic E-state index is 0.143. The van der Waals surface area contributed by atoms with Crippen LogP contribution in [0.25, 0.3) is 0 Å². The molecule has 0 aliphatic carbocycles. The van der Waals surface area contributed by atoms with Crippen molar-refractivity contribution in [3.63, 3.8) is 0 Å². The van der Waals surface area contributed by atoms with E-state index in [1.165, 1.54) is 0 Å². The molecule has 0 aromatic heterocycles. The van der Waals surface area contributed by atoms with Crippen LogP contribution in [0.1, 0.15) is 39.2 Å². The van der Waals surface area contributed by atoms with Crippen LogP contribution in [0, 0.1) is 11.8 Å². The topological polar surface area (TPSA) is 44.5 Å². The molecular formula is C17H25NO2.